The summed E-state index contributed by atoms with van der Waals surface area (Å²) < 4.78 is 3.27. The maximum absolute atomic E-state index is 12.3. The Balaban J connectivity index is 2.28. The second kappa shape index (κ2) is 4.31. The van der Waals surface area contributed by atoms with Crippen molar-refractivity contribution in [2.24, 2.45) is 0 Å². The summed E-state index contributed by atoms with van der Waals surface area (Å²) in [4.78, 5) is 20.7. The quantitative estimate of drug-likeness (QED) is 0.692. The van der Waals surface area contributed by atoms with Crippen LogP contribution < -0.4 is 5.56 Å². The van der Waals surface area contributed by atoms with E-state index >= 15 is 0 Å². The minimum atomic E-state index is -0.0554. The van der Waals surface area contributed by atoms with Crippen LogP contribution in [0.1, 0.15) is 12.7 Å². The zero-order valence-electron chi connectivity index (χ0n) is 10.7. The standard InChI is InChI=1S/C13H13N5O/c1-3-17-9(2)15-12-11(13(17)19)8-18(16-12)10-5-4-6-14-7-10/h4-8H,3H2,1-2H3. The van der Waals surface area contributed by atoms with Gasteiger partial charge in [0, 0.05) is 18.9 Å². The number of hydrogen-bond acceptors (Lipinski definition) is 4. The van der Waals surface area contributed by atoms with Gasteiger partial charge < -0.3 is 0 Å². The van der Waals surface area contributed by atoms with E-state index in [9.17, 15) is 4.79 Å². The van der Waals surface area contributed by atoms with E-state index in [4.69, 9.17) is 0 Å². The number of aryl methyl sites for hydroxylation is 1. The minimum absolute atomic E-state index is 0.0554. The predicted molar refractivity (Wildman–Crippen MR) is 71.3 cm³/mol. The first-order valence-corrected chi connectivity index (χ1v) is 6.08. The molecule has 0 radical (unpaired) electrons. The number of nitrogens with zero attached hydrogens (tertiary/aromatic N) is 5. The van der Waals surface area contributed by atoms with Gasteiger partial charge in [0.05, 0.1) is 11.9 Å². The Bertz CT molecular complexity index is 788. The Hall–Kier alpha value is -2.50. The van der Waals surface area contributed by atoms with Crippen LogP contribution in [-0.2, 0) is 6.54 Å². The molecule has 96 valence electrons. The van der Waals surface area contributed by atoms with Crippen LogP contribution in [0.4, 0.5) is 0 Å². The van der Waals surface area contributed by atoms with Gasteiger partial charge in [0.25, 0.3) is 5.56 Å². The first-order valence-electron chi connectivity index (χ1n) is 6.08. The van der Waals surface area contributed by atoms with E-state index in [-0.39, 0.29) is 5.56 Å². The third-order valence-corrected chi connectivity index (χ3v) is 3.06. The number of hydrogen-bond donors (Lipinski definition) is 0. The van der Waals surface area contributed by atoms with Crippen LogP contribution in [0.5, 0.6) is 0 Å². The molecule has 3 heterocycles. The first kappa shape index (κ1) is 11.6. The molecule has 3 aromatic heterocycles. The molecule has 3 rings (SSSR count). The third kappa shape index (κ3) is 1.81. The average Bonchev–Trinajstić information content (AvgIpc) is 2.84. The van der Waals surface area contributed by atoms with Crippen LogP contribution >= 0.6 is 0 Å². The molecule has 3 aromatic rings. The van der Waals surface area contributed by atoms with Crippen molar-refractivity contribution < 1.29 is 0 Å². The molecule has 6 heteroatoms. The van der Waals surface area contributed by atoms with E-state index in [0.717, 1.165) is 5.69 Å². The van der Waals surface area contributed by atoms with Gasteiger partial charge in [-0.1, -0.05) is 0 Å². The van der Waals surface area contributed by atoms with Gasteiger partial charge in [-0.3, -0.25) is 14.3 Å². The molecule has 0 aromatic carbocycles. The Kier molecular flexibility index (Phi) is 2.63. The highest BCUT2D eigenvalue weighted by Crippen LogP contribution is 2.10. The molecule has 0 saturated carbocycles. The molecule has 0 aliphatic rings. The van der Waals surface area contributed by atoms with Gasteiger partial charge in [-0.25, -0.2) is 9.67 Å². The van der Waals surface area contributed by atoms with E-state index in [0.29, 0.717) is 23.4 Å². The average molecular weight is 255 g/mol. The lowest BCUT2D eigenvalue weighted by molar-refractivity contribution is 0.685. The van der Waals surface area contributed by atoms with Crippen LogP contribution in [-0.4, -0.2) is 24.3 Å². The maximum Gasteiger partial charge on any atom is 0.264 e. The Morgan fingerprint density at radius 3 is 2.89 bits per heavy atom. The zero-order valence-corrected chi connectivity index (χ0v) is 10.7. The van der Waals surface area contributed by atoms with Gasteiger partial charge in [-0.05, 0) is 26.0 Å². The lowest BCUT2D eigenvalue weighted by Gasteiger charge is -2.04. The Morgan fingerprint density at radius 1 is 1.37 bits per heavy atom. The van der Waals surface area contributed by atoms with E-state index < -0.39 is 0 Å². The van der Waals surface area contributed by atoms with Crippen molar-refractivity contribution in [3.05, 3.63) is 46.9 Å². The predicted octanol–water partition coefficient (Wildman–Crippen LogP) is 1.31. The highest BCUT2D eigenvalue weighted by molar-refractivity contribution is 5.73. The summed E-state index contributed by atoms with van der Waals surface area (Å²) >= 11 is 0. The summed E-state index contributed by atoms with van der Waals surface area (Å²) in [6.07, 6.45) is 5.09. The summed E-state index contributed by atoms with van der Waals surface area (Å²) in [6, 6.07) is 3.70. The SMILES string of the molecule is CCn1c(C)nc2nn(-c3cccnc3)cc2c1=O. The molecular formula is C13H13N5O. The molecule has 0 N–H and O–H groups in total. The number of fused-ring (bicyclic) bond motifs is 1. The van der Waals surface area contributed by atoms with E-state index in [2.05, 4.69) is 15.1 Å². The number of pyridine rings is 1. The normalized spacial score (nSPS) is 11.1. The van der Waals surface area contributed by atoms with Crippen molar-refractivity contribution in [3.8, 4) is 5.69 Å². The molecule has 0 atom stereocenters. The molecule has 0 saturated heterocycles. The molecule has 0 spiro atoms. The largest absolute Gasteiger partial charge is 0.296 e. The molecule has 0 fully saturated rings. The van der Waals surface area contributed by atoms with Crippen LogP contribution in [0.15, 0.2) is 35.5 Å². The Morgan fingerprint density at radius 2 is 2.21 bits per heavy atom. The topological polar surface area (TPSA) is 65.6 Å². The van der Waals surface area contributed by atoms with E-state index in [1.165, 1.54) is 0 Å². The van der Waals surface area contributed by atoms with E-state index in [1.807, 2.05) is 26.0 Å². The van der Waals surface area contributed by atoms with Gasteiger partial charge in [-0.2, -0.15) is 0 Å². The summed E-state index contributed by atoms with van der Waals surface area (Å²) in [5.74, 6) is 0.677. The van der Waals surface area contributed by atoms with Crippen molar-refractivity contribution in [1.82, 2.24) is 24.3 Å². The first-order chi connectivity index (χ1) is 9.20. The summed E-state index contributed by atoms with van der Waals surface area (Å²) in [7, 11) is 0. The van der Waals surface area contributed by atoms with Gasteiger partial charge in [-0.15, -0.1) is 5.10 Å². The second-order valence-electron chi connectivity index (χ2n) is 4.23. The van der Waals surface area contributed by atoms with Crippen LogP contribution in [0, 0.1) is 6.92 Å². The van der Waals surface area contributed by atoms with Gasteiger partial charge in [0.15, 0.2) is 5.65 Å². The fourth-order valence-corrected chi connectivity index (χ4v) is 2.10. The third-order valence-electron chi connectivity index (χ3n) is 3.06. The molecule has 0 bridgehead atoms. The van der Waals surface area contributed by atoms with Crippen molar-refractivity contribution >= 4 is 11.0 Å². The fourth-order valence-electron chi connectivity index (χ4n) is 2.10. The lowest BCUT2D eigenvalue weighted by atomic mass is 10.4. The lowest BCUT2D eigenvalue weighted by Crippen LogP contribution is -2.22. The van der Waals surface area contributed by atoms with Crippen molar-refractivity contribution in [3.63, 3.8) is 0 Å². The molecule has 0 aliphatic carbocycles. The molecule has 0 aliphatic heterocycles. The van der Waals surface area contributed by atoms with Crippen LogP contribution in [0.2, 0.25) is 0 Å². The maximum atomic E-state index is 12.3. The van der Waals surface area contributed by atoms with Crippen molar-refractivity contribution in [2.75, 3.05) is 0 Å². The fraction of sp³-hybridized carbons (Fsp3) is 0.231. The summed E-state index contributed by atoms with van der Waals surface area (Å²) in [6.45, 7) is 4.34. The highest BCUT2D eigenvalue weighted by Gasteiger charge is 2.11. The van der Waals surface area contributed by atoms with Crippen molar-refractivity contribution in [2.45, 2.75) is 20.4 Å². The van der Waals surface area contributed by atoms with Crippen LogP contribution in [0.3, 0.4) is 0 Å². The van der Waals surface area contributed by atoms with Gasteiger partial charge >= 0.3 is 0 Å². The monoisotopic (exact) mass is 255 g/mol. The smallest absolute Gasteiger partial charge is 0.264 e. The number of aromatic nitrogens is 5. The van der Waals surface area contributed by atoms with E-state index in [1.54, 1.807) is 27.8 Å². The molecular weight excluding hydrogens is 242 g/mol. The summed E-state index contributed by atoms with van der Waals surface area (Å²) in [5.41, 5.74) is 1.22. The highest BCUT2D eigenvalue weighted by atomic mass is 16.1. The molecule has 19 heavy (non-hydrogen) atoms. The zero-order chi connectivity index (χ0) is 13.4. The van der Waals surface area contributed by atoms with Gasteiger partial charge in [0.1, 0.15) is 11.2 Å². The molecule has 0 unspecified atom stereocenters. The second-order valence-corrected chi connectivity index (χ2v) is 4.23. The summed E-state index contributed by atoms with van der Waals surface area (Å²) in [5, 5.41) is 4.86. The molecule has 0 amide bonds. The Labute approximate surface area is 109 Å². The van der Waals surface area contributed by atoms with Crippen LogP contribution in [0.25, 0.3) is 16.7 Å². The van der Waals surface area contributed by atoms with Crippen molar-refractivity contribution in [1.29, 1.82) is 0 Å². The van der Waals surface area contributed by atoms with Gasteiger partial charge in [0.2, 0.25) is 0 Å². The number of rotatable bonds is 2. The minimum Gasteiger partial charge on any atom is -0.296 e. The molecule has 6 nitrogen and oxygen atoms in total.